The molecule has 0 aromatic heterocycles. The van der Waals surface area contributed by atoms with Gasteiger partial charge < -0.3 is 10.2 Å². The first kappa shape index (κ1) is 18.9. The quantitative estimate of drug-likeness (QED) is 0.735. The molecule has 2 fully saturated rings. The molecule has 4 atom stereocenters. The van der Waals surface area contributed by atoms with Gasteiger partial charge in [0.1, 0.15) is 0 Å². The molecule has 0 amide bonds. The molecule has 2 N–H and O–H groups in total. The number of hydrogen-bond donors (Lipinski definition) is 2. The van der Waals surface area contributed by atoms with Crippen LogP contribution in [0.2, 0.25) is 0 Å². The molecule has 0 aromatic rings. The molecule has 5 heteroatoms. The molecule has 0 radical (unpaired) electrons. The van der Waals surface area contributed by atoms with E-state index in [9.17, 15) is 9.59 Å². The minimum absolute atomic E-state index is 0. The van der Waals surface area contributed by atoms with Gasteiger partial charge in [-0.05, 0) is 37.5 Å². The number of hydrogen-bond acceptors (Lipinski definition) is 2. The van der Waals surface area contributed by atoms with Crippen molar-refractivity contribution in [1.29, 1.82) is 0 Å². The van der Waals surface area contributed by atoms with E-state index >= 15 is 0 Å². The number of carboxylic acid groups (broad SMARTS) is 2. The second-order valence-corrected chi connectivity index (χ2v) is 5.71. The van der Waals surface area contributed by atoms with E-state index in [-0.39, 0.29) is 39.1 Å². The van der Waals surface area contributed by atoms with Crippen LogP contribution >= 0.6 is 0 Å². The third-order valence-electron chi connectivity index (χ3n) is 4.36. The van der Waals surface area contributed by atoms with E-state index in [4.69, 9.17) is 10.2 Å². The summed E-state index contributed by atoms with van der Waals surface area (Å²) in [5.41, 5.74) is 0. The van der Waals surface area contributed by atoms with Crippen molar-refractivity contribution in [2.24, 2.45) is 23.7 Å². The Labute approximate surface area is 135 Å². The van der Waals surface area contributed by atoms with E-state index in [2.05, 4.69) is 0 Å². The first-order valence-electron chi connectivity index (χ1n) is 6.89. The Kier molecular flexibility index (Phi) is 8.85. The maximum Gasteiger partial charge on any atom is 0.306 e. The topological polar surface area (TPSA) is 74.6 Å². The van der Waals surface area contributed by atoms with Gasteiger partial charge in [0.25, 0.3) is 0 Å². The van der Waals surface area contributed by atoms with Crippen LogP contribution in [0.3, 0.4) is 0 Å². The van der Waals surface area contributed by atoms with Gasteiger partial charge in [0.2, 0.25) is 0 Å². The number of aliphatic carboxylic acids is 2. The molecular weight excluding hydrogens is 345 g/mol. The zero-order chi connectivity index (χ0) is 13.7. The van der Waals surface area contributed by atoms with Gasteiger partial charge >= 0.3 is 11.9 Å². The maximum atomic E-state index is 10.4. The fourth-order valence-corrected chi connectivity index (χ4v) is 3.02. The Bertz CT molecular complexity index is 276. The summed E-state index contributed by atoms with van der Waals surface area (Å²) in [5.74, 6) is -0.514. The van der Waals surface area contributed by atoms with Gasteiger partial charge in [-0.15, -0.1) is 0 Å². The third-order valence-corrected chi connectivity index (χ3v) is 4.36. The van der Waals surface area contributed by atoms with Crippen LogP contribution in [0.1, 0.15) is 52.4 Å². The van der Waals surface area contributed by atoms with Crippen LogP contribution in [-0.2, 0) is 36.9 Å². The van der Waals surface area contributed by atoms with E-state index in [0.717, 1.165) is 38.5 Å². The van der Waals surface area contributed by atoms with Crippen LogP contribution < -0.4 is 0 Å². The zero-order valence-electron chi connectivity index (χ0n) is 12.0. The summed E-state index contributed by atoms with van der Waals surface area (Å²) in [6.45, 7) is 4.04. The van der Waals surface area contributed by atoms with E-state index in [1.54, 1.807) is 0 Å². The Morgan fingerprint density at radius 3 is 1.21 bits per heavy atom. The Morgan fingerprint density at radius 2 is 1.11 bits per heavy atom. The van der Waals surface area contributed by atoms with Crippen molar-refractivity contribution in [2.75, 3.05) is 0 Å². The molecule has 4 nitrogen and oxygen atoms in total. The average Bonchev–Trinajstić information content (AvgIpc) is 2.87. The first-order chi connectivity index (χ1) is 8.43. The summed E-state index contributed by atoms with van der Waals surface area (Å²) >= 11 is 0. The maximum absolute atomic E-state index is 10.4. The van der Waals surface area contributed by atoms with Crippen molar-refractivity contribution >= 4 is 11.9 Å². The van der Waals surface area contributed by atoms with Crippen molar-refractivity contribution in [1.82, 2.24) is 0 Å². The van der Waals surface area contributed by atoms with Gasteiger partial charge in [-0.3, -0.25) is 9.59 Å². The summed E-state index contributed by atoms with van der Waals surface area (Å²) in [6, 6.07) is 0. The molecule has 0 saturated heterocycles. The van der Waals surface area contributed by atoms with Crippen LogP contribution in [0.4, 0.5) is 0 Å². The SMILES string of the molecule is CC1CCCC1C(=O)O.CC1CCCC1C(=O)O.[Cd]. The minimum atomic E-state index is -0.611. The van der Waals surface area contributed by atoms with Gasteiger partial charge in [0, 0.05) is 27.3 Å². The van der Waals surface area contributed by atoms with E-state index in [1.165, 1.54) is 0 Å². The Morgan fingerprint density at radius 1 is 0.789 bits per heavy atom. The molecule has 2 aliphatic carbocycles. The van der Waals surface area contributed by atoms with Gasteiger partial charge in [0.15, 0.2) is 0 Å². The normalized spacial score (nSPS) is 32.9. The second kappa shape index (κ2) is 8.92. The molecule has 2 aliphatic rings. The summed E-state index contributed by atoms with van der Waals surface area (Å²) in [6.07, 6.45) is 6.15. The Hall–Kier alpha value is -0.138. The van der Waals surface area contributed by atoms with E-state index < -0.39 is 11.9 Å². The van der Waals surface area contributed by atoms with E-state index in [0.29, 0.717) is 11.8 Å². The molecule has 0 aromatic carbocycles. The molecule has 2 rings (SSSR count). The third kappa shape index (κ3) is 5.79. The molecular formula is C14H24CdO4. The molecule has 4 unspecified atom stereocenters. The summed E-state index contributed by atoms with van der Waals surface area (Å²) in [7, 11) is 0. The zero-order valence-corrected chi connectivity index (χ0v) is 16.0. The van der Waals surface area contributed by atoms with Gasteiger partial charge in [-0.25, -0.2) is 0 Å². The first-order valence-corrected chi connectivity index (χ1v) is 6.89. The molecule has 19 heavy (non-hydrogen) atoms. The molecule has 0 aliphatic heterocycles. The van der Waals surface area contributed by atoms with Crippen molar-refractivity contribution in [2.45, 2.75) is 52.4 Å². The summed E-state index contributed by atoms with van der Waals surface area (Å²) in [5, 5.41) is 17.2. The van der Waals surface area contributed by atoms with Crippen molar-refractivity contribution in [3.05, 3.63) is 0 Å². The van der Waals surface area contributed by atoms with Gasteiger partial charge in [-0.1, -0.05) is 26.7 Å². The predicted octanol–water partition coefficient (Wildman–Crippen LogP) is 3.01. The minimum Gasteiger partial charge on any atom is -0.481 e. The van der Waals surface area contributed by atoms with Crippen LogP contribution in [0.15, 0.2) is 0 Å². The molecule has 106 valence electrons. The number of carboxylic acids is 2. The monoisotopic (exact) mass is 370 g/mol. The van der Waals surface area contributed by atoms with E-state index in [1.807, 2.05) is 13.8 Å². The Balaban J connectivity index is 0.000000324. The van der Waals surface area contributed by atoms with Crippen LogP contribution in [-0.4, -0.2) is 22.2 Å². The smallest absolute Gasteiger partial charge is 0.306 e. The van der Waals surface area contributed by atoms with Crippen LogP contribution in [0, 0.1) is 23.7 Å². The molecule has 0 bridgehead atoms. The second-order valence-electron chi connectivity index (χ2n) is 5.71. The largest absolute Gasteiger partial charge is 0.481 e. The molecule has 0 spiro atoms. The number of rotatable bonds is 2. The average molecular weight is 369 g/mol. The van der Waals surface area contributed by atoms with Crippen molar-refractivity contribution in [3.8, 4) is 0 Å². The van der Waals surface area contributed by atoms with Gasteiger partial charge in [-0.2, -0.15) is 0 Å². The van der Waals surface area contributed by atoms with Crippen LogP contribution in [0.5, 0.6) is 0 Å². The van der Waals surface area contributed by atoms with Crippen molar-refractivity contribution < 1.29 is 47.1 Å². The fourth-order valence-electron chi connectivity index (χ4n) is 3.02. The summed E-state index contributed by atoms with van der Waals surface area (Å²) < 4.78 is 0. The van der Waals surface area contributed by atoms with Gasteiger partial charge in [0.05, 0.1) is 11.8 Å². The van der Waals surface area contributed by atoms with Crippen LogP contribution in [0.25, 0.3) is 0 Å². The standard InChI is InChI=1S/2C7H12O2.Cd/c2*1-5-3-2-4-6(5)7(8)9;/h2*5-6H,2-4H2,1H3,(H,8,9);. The summed E-state index contributed by atoms with van der Waals surface area (Å²) in [4.78, 5) is 20.8. The predicted molar refractivity (Wildman–Crippen MR) is 68.3 cm³/mol. The molecule has 0 heterocycles. The molecule has 2 saturated carbocycles. The van der Waals surface area contributed by atoms with Crippen molar-refractivity contribution in [3.63, 3.8) is 0 Å². The number of carbonyl (C=O) groups is 2. The fraction of sp³-hybridized carbons (Fsp3) is 0.857.